The molecule has 0 aliphatic carbocycles. The number of nitrogens with one attached hydrogen (secondary N) is 1. The van der Waals surface area contributed by atoms with Crippen LogP contribution in [-0.4, -0.2) is 10.8 Å². The first-order valence-corrected chi connectivity index (χ1v) is 7.01. The van der Waals surface area contributed by atoms with Crippen LogP contribution < -0.4 is 5.73 Å². The zero-order valence-corrected chi connectivity index (χ0v) is 11.5. The first-order valence-electron chi connectivity index (χ1n) is 6.19. The molecule has 3 nitrogen and oxygen atoms in total. The van der Waals surface area contributed by atoms with E-state index >= 15 is 0 Å². The summed E-state index contributed by atoms with van der Waals surface area (Å²) in [7, 11) is 0. The molecule has 0 saturated carbocycles. The molecule has 0 spiro atoms. The number of rotatable bonds is 3. The average molecular weight is 279 g/mol. The minimum Gasteiger partial charge on any atom is -0.382 e. The molecule has 4 heteroatoms. The third-order valence-corrected chi connectivity index (χ3v) is 3.94. The summed E-state index contributed by atoms with van der Waals surface area (Å²) >= 11 is 1.64. The van der Waals surface area contributed by atoms with Gasteiger partial charge in [0.2, 0.25) is 0 Å². The summed E-state index contributed by atoms with van der Waals surface area (Å²) in [6, 6.07) is 18.4. The Bertz CT molecular complexity index is 783. The summed E-state index contributed by atoms with van der Waals surface area (Å²) in [5, 5.41) is 9.88. The van der Waals surface area contributed by atoms with Crippen LogP contribution in [0.15, 0.2) is 70.6 Å². The van der Waals surface area contributed by atoms with Gasteiger partial charge in [-0.25, -0.2) is 0 Å². The van der Waals surface area contributed by atoms with Gasteiger partial charge in [0.1, 0.15) is 11.5 Å². The van der Waals surface area contributed by atoms with Crippen LogP contribution in [-0.2, 0) is 0 Å². The van der Waals surface area contributed by atoms with Crippen LogP contribution in [0.4, 0.5) is 0 Å². The summed E-state index contributed by atoms with van der Waals surface area (Å²) in [5.41, 5.74) is 5.97. The van der Waals surface area contributed by atoms with Crippen molar-refractivity contribution in [3.8, 4) is 0 Å². The summed E-state index contributed by atoms with van der Waals surface area (Å²) < 4.78 is 0. The van der Waals surface area contributed by atoms with Crippen molar-refractivity contribution in [3.05, 3.63) is 66.5 Å². The van der Waals surface area contributed by atoms with E-state index in [4.69, 9.17) is 11.1 Å². The van der Waals surface area contributed by atoms with Crippen molar-refractivity contribution in [2.24, 2.45) is 5.73 Å². The number of benzene rings is 2. The van der Waals surface area contributed by atoms with E-state index in [9.17, 15) is 0 Å². The summed E-state index contributed by atoms with van der Waals surface area (Å²) in [6.07, 6.45) is 1.68. The first-order chi connectivity index (χ1) is 9.72. The van der Waals surface area contributed by atoms with Gasteiger partial charge in [0.05, 0.1) is 0 Å². The van der Waals surface area contributed by atoms with Crippen molar-refractivity contribution in [1.82, 2.24) is 4.98 Å². The molecule has 0 amide bonds. The average Bonchev–Trinajstić information content (AvgIpc) is 2.47. The highest BCUT2D eigenvalue weighted by Crippen LogP contribution is 2.30. The van der Waals surface area contributed by atoms with Gasteiger partial charge in [-0.2, -0.15) is 0 Å². The second-order valence-electron chi connectivity index (χ2n) is 4.40. The highest BCUT2D eigenvalue weighted by atomic mass is 32.2. The lowest BCUT2D eigenvalue weighted by molar-refractivity contribution is 1.21. The molecule has 3 rings (SSSR count). The van der Waals surface area contributed by atoms with E-state index in [0.717, 1.165) is 9.79 Å². The van der Waals surface area contributed by atoms with Crippen molar-refractivity contribution in [2.75, 3.05) is 0 Å². The molecule has 3 aromatic rings. The molecule has 20 heavy (non-hydrogen) atoms. The molecule has 0 saturated heterocycles. The fourth-order valence-electron chi connectivity index (χ4n) is 1.99. The zero-order valence-electron chi connectivity index (χ0n) is 10.7. The Hall–Kier alpha value is -2.33. The molecule has 0 unspecified atom stereocenters. The van der Waals surface area contributed by atoms with Crippen molar-refractivity contribution in [2.45, 2.75) is 9.79 Å². The highest BCUT2D eigenvalue weighted by Gasteiger charge is 2.03. The monoisotopic (exact) mass is 279 g/mol. The molecule has 98 valence electrons. The van der Waals surface area contributed by atoms with E-state index in [0.29, 0.717) is 5.69 Å². The smallest absolute Gasteiger partial charge is 0.141 e. The van der Waals surface area contributed by atoms with E-state index in [2.05, 4.69) is 35.3 Å². The van der Waals surface area contributed by atoms with Crippen molar-refractivity contribution >= 4 is 28.4 Å². The number of nitrogen functional groups attached to an aromatic ring is 1. The van der Waals surface area contributed by atoms with Gasteiger partial charge in [0, 0.05) is 16.0 Å². The third-order valence-electron chi connectivity index (χ3n) is 2.96. The Morgan fingerprint density at radius 2 is 1.70 bits per heavy atom. The summed E-state index contributed by atoms with van der Waals surface area (Å²) in [6.45, 7) is 0. The number of hydrogen-bond donors (Lipinski definition) is 2. The van der Waals surface area contributed by atoms with Crippen molar-refractivity contribution in [3.63, 3.8) is 0 Å². The van der Waals surface area contributed by atoms with Crippen LogP contribution in [0.25, 0.3) is 10.8 Å². The number of nitrogens with two attached hydrogens (primary N) is 1. The first kappa shape index (κ1) is 12.7. The molecule has 0 fully saturated rings. The fraction of sp³-hybridized carbons (Fsp3) is 0. The quantitative estimate of drug-likeness (QED) is 0.568. The molecule has 0 aliphatic rings. The molecule has 0 aliphatic heterocycles. The Morgan fingerprint density at radius 3 is 2.50 bits per heavy atom. The number of aromatic nitrogens is 1. The van der Waals surface area contributed by atoms with Crippen molar-refractivity contribution in [1.29, 1.82) is 5.41 Å². The van der Waals surface area contributed by atoms with Crippen molar-refractivity contribution < 1.29 is 0 Å². The predicted molar refractivity (Wildman–Crippen MR) is 83.3 cm³/mol. The Kier molecular flexibility index (Phi) is 3.39. The minimum atomic E-state index is -0.00837. The Morgan fingerprint density at radius 1 is 0.950 bits per heavy atom. The number of fused-ring (bicyclic) bond motifs is 1. The molecule has 1 heterocycles. The lowest BCUT2D eigenvalue weighted by atomic mass is 10.1. The lowest BCUT2D eigenvalue weighted by Crippen LogP contribution is -2.12. The lowest BCUT2D eigenvalue weighted by Gasteiger charge is -2.05. The van der Waals surface area contributed by atoms with E-state index in [1.165, 1.54) is 10.8 Å². The normalized spacial score (nSPS) is 10.6. The van der Waals surface area contributed by atoms with E-state index in [-0.39, 0.29) is 5.84 Å². The molecule has 3 N–H and O–H groups in total. The molecule has 0 bridgehead atoms. The fourth-order valence-corrected chi connectivity index (χ4v) is 2.88. The topological polar surface area (TPSA) is 62.8 Å². The van der Waals surface area contributed by atoms with Gasteiger partial charge in [-0.3, -0.25) is 10.4 Å². The van der Waals surface area contributed by atoms with Gasteiger partial charge >= 0.3 is 0 Å². The van der Waals surface area contributed by atoms with Crippen LogP contribution >= 0.6 is 11.8 Å². The zero-order chi connectivity index (χ0) is 13.9. The molecule has 2 aromatic carbocycles. The maximum absolute atomic E-state index is 7.43. The molecule has 0 radical (unpaired) electrons. The standard InChI is InChI=1S/C16H13N3S/c17-16(18)15-10-14(7-8-19-15)20-13-6-5-11-3-1-2-4-12(11)9-13/h1-10H,(H3,17,18). The maximum atomic E-state index is 7.43. The van der Waals surface area contributed by atoms with Crippen LogP contribution in [0, 0.1) is 5.41 Å². The predicted octanol–water partition coefficient (Wildman–Crippen LogP) is 3.67. The number of pyridine rings is 1. The van der Waals surface area contributed by atoms with Crippen LogP contribution in [0.5, 0.6) is 0 Å². The SMILES string of the molecule is N=C(N)c1cc(Sc2ccc3ccccc3c2)ccn1. The minimum absolute atomic E-state index is 0.00837. The Balaban J connectivity index is 1.92. The van der Waals surface area contributed by atoms with Gasteiger partial charge in [-0.1, -0.05) is 42.1 Å². The maximum Gasteiger partial charge on any atom is 0.141 e. The van der Waals surface area contributed by atoms with E-state index in [1.807, 2.05) is 24.3 Å². The second kappa shape index (κ2) is 5.35. The van der Waals surface area contributed by atoms with Gasteiger partial charge in [-0.15, -0.1) is 0 Å². The van der Waals surface area contributed by atoms with E-state index < -0.39 is 0 Å². The van der Waals surface area contributed by atoms with Crippen LogP contribution in [0.1, 0.15) is 5.69 Å². The number of nitrogens with zero attached hydrogens (tertiary/aromatic N) is 1. The largest absolute Gasteiger partial charge is 0.382 e. The van der Waals surface area contributed by atoms with Crippen LogP contribution in [0.3, 0.4) is 0 Å². The molecule has 0 atom stereocenters. The van der Waals surface area contributed by atoms with Gasteiger partial charge in [-0.05, 0) is 35.0 Å². The van der Waals surface area contributed by atoms with Crippen LogP contribution in [0.2, 0.25) is 0 Å². The molecular formula is C16H13N3S. The molecular weight excluding hydrogens is 266 g/mol. The number of amidine groups is 1. The van der Waals surface area contributed by atoms with Gasteiger partial charge < -0.3 is 5.73 Å². The third kappa shape index (κ3) is 2.65. The van der Waals surface area contributed by atoms with Gasteiger partial charge in [0.15, 0.2) is 0 Å². The van der Waals surface area contributed by atoms with Gasteiger partial charge in [0.25, 0.3) is 0 Å². The van der Waals surface area contributed by atoms with E-state index in [1.54, 1.807) is 18.0 Å². The highest BCUT2D eigenvalue weighted by molar-refractivity contribution is 7.99. The second-order valence-corrected chi connectivity index (χ2v) is 5.55. The number of hydrogen-bond acceptors (Lipinski definition) is 3. The summed E-state index contributed by atoms with van der Waals surface area (Å²) in [5.74, 6) is -0.00837. The Labute approximate surface area is 121 Å². The summed E-state index contributed by atoms with van der Waals surface area (Å²) in [4.78, 5) is 6.25. The molecule has 1 aromatic heterocycles.